The van der Waals surface area contributed by atoms with Crippen LogP contribution in [0.5, 0.6) is 5.75 Å². The van der Waals surface area contributed by atoms with Crippen molar-refractivity contribution in [1.82, 2.24) is 9.97 Å². The summed E-state index contributed by atoms with van der Waals surface area (Å²) in [5, 5.41) is 14.0. The van der Waals surface area contributed by atoms with E-state index in [1.165, 1.54) is 0 Å². The predicted molar refractivity (Wildman–Crippen MR) is 218 cm³/mol. The second-order valence-electron chi connectivity index (χ2n) is 13.6. The van der Waals surface area contributed by atoms with Gasteiger partial charge in [0.15, 0.2) is 0 Å². The molecule has 0 saturated carbocycles. The minimum absolute atomic E-state index is 0.189. The van der Waals surface area contributed by atoms with Crippen molar-refractivity contribution in [2.75, 3.05) is 0 Å². The molecule has 0 spiro atoms. The van der Waals surface area contributed by atoms with Gasteiger partial charge in [0, 0.05) is 49.7 Å². The Kier molecular flexibility index (Phi) is 7.44. The zero-order valence-corrected chi connectivity index (χ0v) is 29.3. The molecule has 4 heterocycles. The fraction of sp³-hybridized carbons (Fsp3) is 0.0204. The van der Waals surface area contributed by atoms with E-state index in [0.29, 0.717) is 11.3 Å². The zero-order valence-electron chi connectivity index (χ0n) is 29.3. The van der Waals surface area contributed by atoms with E-state index >= 15 is 0 Å². The van der Waals surface area contributed by atoms with Gasteiger partial charge in [-0.3, -0.25) is 4.98 Å². The molecule has 5 nitrogen and oxygen atoms in total. The summed E-state index contributed by atoms with van der Waals surface area (Å²) in [6.45, 7) is 2.02. The summed E-state index contributed by atoms with van der Waals surface area (Å²) in [7, 11) is 0. The Labute approximate surface area is 311 Å². The molecular weight excluding hydrogens is 665 g/mol. The second kappa shape index (κ2) is 12.8. The number of hydrogen-bond donors (Lipinski definition) is 1. The van der Waals surface area contributed by atoms with E-state index in [-0.39, 0.29) is 5.75 Å². The van der Waals surface area contributed by atoms with Crippen LogP contribution in [0.2, 0.25) is 0 Å². The molecule has 0 atom stereocenters. The average molecular weight is 697 g/mol. The van der Waals surface area contributed by atoms with Crippen molar-refractivity contribution in [3.05, 3.63) is 176 Å². The van der Waals surface area contributed by atoms with E-state index in [9.17, 15) is 5.11 Å². The van der Waals surface area contributed by atoms with Gasteiger partial charge in [-0.2, -0.15) is 0 Å². The molecule has 54 heavy (non-hydrogen) atoms. The Balaban J connectivity index is 1.10. The number of benzene rings is 6. The molecule has 0 radical (unpaired) electrons. The van der Waals surface area contributed by atoms with E-state index in [1.54, 1.807) is 6.07 Å². The topological polar surface area (TPSA) is 72.3 Å². The van der Waals surface area contributed by atoms with Gasteiger partial charge in [-0.15, -0.1) is 0 Å². The lowest BCUT2D eigenvalue weighted by atomic mass is 9.96. The third-order valence-corrected chi connectivity index (χ3v) is 10.0. The zero-order chi connectivity index (χ0) is 36.2. The van der Waals surface area contributed by atoms with Crippen molar-refractivity contribution in [2.45, 2.75) is 6.92 Å². The van der Waals surface area contributed by atoms with Crippen LogP contribution in [0.25, 0.3) is 100 Å². The maximum Gasteiger partial charge on any atom is 0.143 e. The summed E-state index contributed by atoms with van der Waals surface area (Å²) < 4.78 is 13.0. The third-order valence-electron chi connectivity index (χ3n) is 10.0. The molecule has 10 aromatic rings. The lowest BCUT2D eigenvalue weighted by molar-refractivity contribution is 0.477. The number of nitrogens with zero attached hydrogens (tertiary/aromatic N) is 2. The number of aromatic nitrogens is 2. The number of phenolic OH excluding ortho intramolecular Hbond substituents is 1. The third kappa shape index (κ3) is 5.51. The summed E-state index contributed by atoms with van der Waals surface area (Å²) in [5.41, 5.74) is 13.3. The molecule has 0 aliphatic rings. The monoisotopic (exact) mass is 696 g/mol. The first kappa shape index (κ1) is 31.5. The van der Waals surface area contributed by atoms with Crippen LogP contribution in [-0.2, 0) is 0 Å². The first-order valence-electron chi connectivity index (χ1n) is 17.9. The van der Waals surface area contributed by atoms with Crippen LogP contribution in [0, 0.1) is 6.92 Å². The van der Waals surface area contributed by atoms with Crippen molar-refractivity contribution in [1.29, 1.82) is 0 Å². The van der Waals surface area contributed by atoms with Gasteiger partial charge in [0.05, 0.1) is 17.1 Å². The maximum absolute atomic E-state index is 10.8. The number of pyridine rings is 2. The van der Waals surface area contributed by atoms with E-state index in [1.807, 2.05) is 91.9 Å². The molecule has 0 saturated heterocycles. The Hall–Kier alpha value is -7.24. The molecule has 6 aromatic carbocycles. The standard InChI is InChI=1S/C49H32N2O3/c1-30-24-36(49-48(40-18-7-10-21-46(40)54-49)34-22-23-38-37-16-6-9-20-45(37)53-47(38)29-34)28-41(50-30)32-14-11-15-33(25-32)42-26-35(31-12-3-2-4-13-31)27-43(51-42)39-17-5-8-19-44(39)52/h2-29,52H,1H3. The number of aryl methyl sites for hydroxylation is 1. The lowest BCUT2D eigenvalue weighted by Crippen LogP contribution is -1.93. The van der Waals surface area contributed by atoms with E-state index in [4.69, 9.17) is 18.8 Å². The molecule has 1 N–H and O–H groups in total. The fourth-order valence-electron chi connectivity index (χ4n) is 7.51. The van der Waals surface area contributed by atoms with Gasteiger partial charge in [0.25, 0.3) is 0 Å². The van der Waals surface area contributed by atoms with Crippen LogP contribution in [-0.4, -0.2) is 15.1 Å². The molecular formula is C49H32N2O3. The van der Waals surface area contributed by atoms with Gasteiger partial charge in [0.2, 0.25) is 0 Å². The molecule has 0 aliphatic heterocycles. The summed E-state index contributed by atoms with van der Waals surface area (Å²) in [5.74, 6) is 0.966. The van der Waals surface area contributed by atoms with Gasteiger partial charge in [-0.05, 0) is 90.3 Å². The number of aromatic hydroxyl groups is 1. The molecule has 10 rings (SSSR count). The summed E-state index contributed by atoms with van der Waals surface area (Å²) in [4.78, 5) is 10.1. The van der Waals surface area contributed by atoms with E-state index < -0.39 is 0 Å². The molecule has 4 aromatic heterocycles. The highest BCUT2D eigenvalue weighted by atomic mass is 16.3. The van der Waals surface area contributed by atoms with Crippen molar-refractivity contribution < 1.29 is 13.9 Å². The van der Waals surface area contributed by atoms with E-state index in [0.717, 1.165) is 94.7 Å². The van der Waals surface area contributed by atoms with Crippen LogP contribution in [0.1, 0.15) is 5.69 Å². The maximum atomic E-state index is 10.8. The minimum Gasteiger partial charge on any atom is -0.507 e. The van der Waals surface area contributed by atoms with Crippen molar-refractivity contribution in [3.63, 3.8) is 0 Å². The Morgan fingerprint density at radius 3 is 1.85 bits per heavy atom. The molecule has 0 amide bonds. The van der Waals surface area contributed by atoms with Crippen molar-refractivity contribution in [2.24, 2.45) is 0 Å². The fourth-order valence-corrected chi connectivity index (χ4v) is 7.51. The first-order chi connectivity index (χ1) is 26.6. The van der Waals surface area contributed by atoms with Gasteiger partial charge in [-0.1, -0.05) is 103 Å². The Bertz CT molecular complexity index is 3030. The van der Waals surface area contributed by atoms with E-state index in [2.05, 4.69) is 78.9 Å². The number of para-hydroxylation sites is 3. The molecule has 0 aliphatic carbocycles. The molecule has 0 unspecified atom stereocenters. The number of phenols is 1. The average Bonchev–Trinajstić information content (AvgIpc) is 3.80. The number of rotatable bonds is 6. The molecule has 5 heteroatoms. The number of fused-ring (bicyclic) bond motifs is 4. The summed E-state index contributed by atoms with van der Waals surface area (Å²) in [6, 6.07) is 56.9. The highest BCUT2D eigenvalue weighted by molar-refractivity contribution is 6.08. The van der Waals surface area contributed by atoms with Crippen molar-refractivity contribution >= 4 is 32.9 Å². The normalized spacial score (nSPS) is 11.5. The molecule has 0 fully saturated rings. The van der Waals surface area contributed by atoms with Gasteiger partial charge < -0.3 is 13.9 Å². The number of furan rings is 2. The molecule has 0 bridgehead atoms. The minimum atomic E-state index is 0.189. The smallest absolute Gasteiger partial charge is 0.143 e. The lowest BCUT2D eigenvalue weighted by Gasteiger charge is -2.12. The molecule has 256 valence electrons. The first-order valence-corrected chi connectivity index (χ1v) is 17.9. The van der Waals surface area contributed by atoms with Crippen LogP contribution >= 0.6 is 0 Å². The summed E-state index contributed by atoms with van der Waals surface area (Å²) in [6.07, 6.45) is 0. The predicted octanol–water partition coefficient (Wildman–Crippen LogP) is 13.1. The summed E-state index contributed by atoms with van der Waals surface area (Å²) >= 11 is 0. The second-order valence-corrected chi connectivity index (χ2v) is 13.6. The SMILES string of the molecule is Cc1cc(-c2oc3ccccc3c2-c2ccc3c(c2)oc2ccccc23)cc(-c2cccc(-c3cc(-c4ccccc4)cc(-c4ccccc4O)n3)c2)n1. The highest BCUT2D eigenvalue weighted by Crippen LogP contribution is 2.44. The highest BCUT2D eigenvalue weighted by Gasteiger charge is 2.21. The van der Waals surface area contributed by atoms with Crippen LogP contribution in [0.4, 0.5) is 0 Å². The van der Waals surface area contributed by atoms with Gasteiger partial charge >= 0.3 is 0 Å². The van der Waals surface area contributed by atoms with Crippen LogP contribution in [0.15, 0.2) is 179 Å². The Morgan fingerprint density at radius 2 is 1.04 bits per heavy atom. The van der Waals surface area contributed by atoms with Crippen LogP contribution in [0.3, 0.4) is 0 Å². The van der Waals surface area contributed by atoms with Crippen molar-refractivity contribution in [3.8, 4) is 73.1 Å². The Morgan fingerprint density at radius 1 is 0.407 bits per heavy atom. The van der Waals surface area contributed by atoms with Crippen LogP contribution < -0.4 is 0 Å². The largest absolute Gasteiger partial charge is 0.507 e. The van der Waals surface area contributed by atoms with Gasteiger partial charge in [0.1, 0.15) is 28.3 Å². The number of hydrogen-bond acceptors (Lipinski definition) is 5. The quantitative estimate of drug-likeness (QED) is 0.187. The van der Waals surface area contributed by atoms with Gasteiger partial charge in [-0.25, -0.2) is 4.98 Å².